The largest absolute Gasteiger partial charge is 0.352 e. The number of carbonyl (C=O) groups is 2. The van der Waals surface area contributed by atoms with Crippen molar-refractivity contribution < 1.29 is 14.1 Å². The fourth-order valence-electron chi connectivity index (χ4n) is 3.54. The molecule has 35 heavy (non-hydrogen) atoms. The smallest absolute Gasteiger partial charge is 0.253 e. The molecular formula is C27H25ClN4O3. The van der Waals surface area contributed by atoms with Gasteiger partial charge in [0.2, 0.25) is 17.6 Å². The molecule has 0 saturated heterocycles. The second-order valence-corrected chi connectivity index (χ2v) is 8.39. The summed E-state index contributed by atoms with van der Waals surface area (Å²) in [7, 11) is 0. The maximum Gasteiger partial charge on any atom is 0.253 e. The number of halogens is 1. The van der Waals surface area contributed by atoms with E-state index in [1.807, 2.05) is 42.5 Å². The van der Waals surface area contributed by atoms with E-state index in [0.717, 1.165) is 17.5 Å². The summed E-state index contributed by atoms with van der Waals surface area (Å²) in [6, 6.07) is 24.1. The predicted molar refractivity (Wildman–Crippen MR) is 135 cm³/mol. The molecule has 0 aliphatic heterocycles. The van der Waals surface area contributed by atoms with Crippen LogP contribution < -0.4 is 10.6 Å². The fourth-order valence-corrected chi connectivity index (χ4v) is 3.66. The van der Waals surface area contributed by atoms with Gasteiger partial charge in [-0.05, 0) is 54.8 Å². The third-order valence-corrected chi connectivity index (χ3v) is 5.60. The van der Waals surface area contributed by atoms with Gasteiger partial charge in [-0.25, -0.2) is 0 Å². The minimum atomic E-state index is -0.225. The first-order valence-corrected chi connectivity index (χ1v) is 11.8. The topological polar surface area (TPSA) is 97.1 Å². The molecule has 3 aromatic carbocycles. The summed E-state index contributed by atoms with van der Waals surface area (Å²) in [5.74, 6) is 0.527. The summed E-state index contributed by atoms with van der Waals surface area (Å²) in [5.41, 5.74) is 2.87. The van der Waals surface area contributed by atoms with Crippen LogP contribution in [0.25, 0.3) is 11.4 Å². The number of para-hydroxylation sites is 1. The van der Waals surface area contributed by atoms with Gasteiger partial charge in [0.15, 0.2) is 0 Å². The summed E-state index contributed by atoms with van der Waals surface area (Å²) < 4.78 is 5.29. The number of benzene rings is 3. The molecule has 8 heteroatoms. The summed E-state index contributed by atoms with van der Waals surface area (Å²) in [6.45, 7) is 0.507. The monoisotopic (exact) mass is 488 g/mol. The number of hydrogen-bond acceptors (Lipinski definition) is 5. The maximum absolute atomic E-state index is 12.7. The predicted octanol–water partition coefficient (Wildman–Crippen LogP) is 5.32. The molecule has 0 spiro atoms. The quantitative estimate of drug-likeness (QED) is 0.314. The number of anilines is 1. The number of rotatable bonds is 10. The molecule has 0 aliphatic carbocycles. The Morgan fingerprint density at radius 2 is 1.63 bits per heavy atom. The van der Waals surface area contributed by atoms with Crippen LogP contribution in [0.1, 0.15) is 34.7 Å². The SMILES string of the molecule is O=C(CCCc1nc(-c2ccc(Cl)cc2)no1)Nc1ccccc1C(=O)NCCc1ccccc1. The molecule has 0 aliphatic rings. The molecule has 1 heterocycles. The third kappa shape index (κ3) is 7.01. The van der Waals surface area contributed by atoms with Crippen LogP contribution in [0.15, 0.2) is 83.4 Å². The lowest BCUT2D eigenvalue weighted by molar-refractivity contribution is -0.116. The van der Waals surface area contributed by atoms with Crippen LogP contribution >= 0.6 is 11.6 Å². The minimum Gasteiger partial charge on any atom is -0.352 e. The van der Waals surface area contributed by atoms with E-state index >= 15 is 0 Å². The Kier molecular flexibility index (Phi) is 8.25. The summed E-state index contributed by atoms with van der Waals surface area (Å²) in [6.07, 6.45) is 1.98. The number of nitrogens with one attached hydrogen (secondary N) is 2. The fraction of sp³-hybridized carbons (Fsp3) is 0.185. The summed E-state index contributed by atoms with van der Waals surface area (Å²) in [4.78, 5) is 29.6. The highest BCUT2D eigenvalue weighted by Crippen LogP contribution is 2.20. The second-order valence-electron chi connectivity index (χ2n) is 7.96. The lowest BCUT2D eigenvalue weighted by Gasteiger charge is -2.11. The van der Waals surface area contributed by atoms with E-state index in [4.69, 9.17) is 16.1 Å². The van der Waals surface area contributed by atoms with Crippen LogP contribution in [0.2, 0.25) is 5.02 Å². The summed E-state index contributed by atoms with van der Waals surface area (Å²) in [5, 5.41) is 10.4. The van der Waals surface area contributed by atoms with Gasteiger partial charge in [-0.2, -0.15) is 4.98 Å². The van der Waals surface area contributed by atoms with Gasteiger partial charge in [-0.1, -0.05) is 59.2 Å². The van der Waals surface area contributed by atoms with Gasteiger partial charge >= 0.3 is 0 Å². The highest BCUT2D eigenvalue weighted by atomic mass is 35.5. The van der Waals surface area contributed by atoms with Crippen LogP contribution in [0.4, 0.5) is 5.69 Å². The standard InChI is InChI=1S/C27H25ClN4O3/c28-21-15-13-20(14-16-21)26-31-25(35-32-26)12-6-11-24(33)30-23-10-5-4-9-22(23)27(34)29-18-17-19-7-2-1-3-8-19/h1-5,7-10,13-16H,6,11-12,17-18H2,(H,29,34)(H,30,33). The Labute approximate surface area is 208 Å². The molecule has 0 bridgehead atoms. The lowest BCUT2D eigenvalue weighted by atomic mass is 10.1. The molecule has 2 amide bonds. The van der Waals surface area contributed by atoms with Gasteiger partial charge in [0.05, 0.1) is 11.3 Å². The van der Waals surface area contributed by atoms with Crippen molar-refractivity contribution in [3.63, 3.8) is 0 Å². The molecule has 4 aromatic rings. The van der Waals surface area contributed by atoms with Gasteiger partial charge in [-0.15, -0.1) is 0 Å². The Balaban J connectivity index is 1.25. The van der Waals surface area contributed by atoms with Gasteiger partial charge < -0.3 is 15.2 Å². The first-order chi connectivity index (χ1) is 17.1. The second kappa shape index (κ2) is 11.9. The number of carbonyl (C=O) groups excluding carboxylic acids is 2. The van der Waals surface area contributed by atoms with E-state index in [9.17, 15) is 9.59 Å². The average molecular weight is 489 g/mol. The van der Waals surface area contributed by atoms with Gasteiger partial charge in [-0.3, -0.25) is 9.59 Å². The van der Waals surface area contributed by atoms with Crippen LogP contribution in [0.3, 0.4) is 0 Å². The van der Waals surface area contributed by atoms with Crippen LogP contribution in [-0.2, 0) is 17.6 Å². The molecular weight excluding hydrogens is 464 g/mol. The molecule has 0 radical (unpaired) electrons. The van der Waals surface area contributed by atoms with Crippen molar-refractivity contribution in [3.8, 4) is 11.4 Å². The van der Waals surface area contributed by atoms with Crippen LogP contribution in [0.5, 0.6) is 0 Å². The Hall–Kier alpha value is -3.97. The van der Waals surface area contributed by atoms with Crippen molar-refractivity contribution in [1.29, 1.82) is 0 Å². The summed E-state index contributed by atoms with van der Waals surface area (Å²) >= 11 is 5.91. The molecule has 7 nitrogen and oxygen atoms in total. The molecule has 0 unspecified atom stereocenters. The first kappa shape index (κ1) is 24.2. The number of aromatic nitrogens is 2. The van der Waals surface area contributed by atoms with Crippen molar-refractivity contribution in [2.24, 2.45) is 0 Å². The number of amides is 2. The normalized spacial score (nSPS) is 10.7. The zero-order chi connectivity index (χ0) is 24.5. The van der Waals surface area contributed by atoms with Gasteiger partial charge in [0.25, 0.3) is 5.91 Å². The van der Waals surface area contributed by atoms with Crippen molar-refractivity contribution >= 4 is 29.1 Å². The van der Waals surface area contributed by atoms with E-state index in [-0.39, 0.29) is 18.2 Å². The number of nitrogens with zero attached hydrogens (tertiary/aromatic N) is 2. The van der Waals surface area contributed by atoms with Crippen molar-refractivity contribution in [1.82, 2.24) is 15.5 Å². The van der Waals surface area contributed by atoms with Crippen LogP contribution in [-0.4, -0.2) is 28.5 Å². The molecule has 0 fully saturated rings. The maximum atomic E-state index is 12.7. The zero-order valence-electron chi connectivity index (χ0n) is 19.0. The highest BCUT2D eigenvalue weighted by molar-refractivity contribution is 6.30. The Morgan fingerprint density at radius 3 is 2.43 bits per heavy atom. The third-order valence-electron chi connectivity index (χ3n) is 5.35. The Bertz CT molecular complexity index is 1270. The van der Waals surface area contributed by atoms with Gasteiger partial charge in [0, 0.05) is 30.0 Å². The lowest BCUT2D eigenvalue weighted by Crippen LogP contribution is -2.27. The molecule has 4 rings (SSSR count). The van der Waals surface area contributed by atoms with Crippen LogP contribution in [0, 0.1) is 0 Å². The van der Waals surface area contributed by atoms with E-state index in [0.29, 0.717) is 47.4 Å². The zero-order valence-corrected chi connectivity index (χ0v) is 19.8. The van der Waals surface area contributed by atoms with E-state index in [1.54, 1.807) is 36.4 Å². The average Bonchev–Trinajstić information content (AvgIpc) is 3.34. The highest BCUT2D eigenvalue weighted by Gasteiger charge is 2.14. The van der Waals surface area contributed by atoms with Crippen molar-refractivity contribution in [3.05, 3.63) is 101 Å². The van der Waals surface area contributed by atoms with E-state index in [1.165, 1.54) is 0 Å². The van der Waals surface area contributed by atoms with Crippen molar-refractivity contribution in [2.75, 3.05) is 11.9 Å². The molecule has 1 aromatic heterocycles. The first-order valence-electron chi connectivity index (χ1n) is 11.4. The Morgan fingerprint density at radius 1 is 0.886 bits per heavy atom. The van der Waals surface area contributed by atoms with Crippen molar-refractivity contribution in [2.45, 2.75) is 25.7 Å². The number of aryl methyl sites for hydroxylation is 1. The van der Waals surface area contributed by atoms with E-state index < -0.39 is 0 Å². The van der Waals surface area contributed by atoms with Gasteiger partial charge in [0.1, 0.15) is 0 Å². The molecule has 0 atom stereocenters. The minimum absolute atomic E-state index is 0.188. The number of hydrogen-bond donors (Lipinski definition) is 2. The molecule has 0 saturated carbocycles. The van der Waals surface area contributed by atoms with E-state index in [2.05, 4.69) is 20.8 Å². The molecule has 2 N–H and O–H groups in total. The molecule has 178 valence electrons.